The first-order valence-electron chi connectivity index (χ1n) is 5.52. The standard InChI is InChI=1S/C14H11NO4/c16-13(17)10-6-8-12(9-7-10)19-14(18)15-11-4-2-1-3-5-11/h1-9H,(H,15,18)(H,16,17). The van der Waals surface area contributed by atoms with Gasteiger partial charge in [-0.3, -0.25) is 5.32 Å². The van der Waals surface area contributed by atoms with Crippen LogP contribution in [0.5, 0.6) is 5.75 Å². The molecule has 2 aromatic carbocycles. The third-order valence-electron chi connectivity index (χ3n) is 2.33. The number of hydrogen-bond acceptors (Lipinski definition) is 3. The minimum absolute atomic E-state index is 0.135. The van der Waals surface area contributed by atoms with E-state index in [0.29, 0.717) is 5.69 Å². The molecule has 0 aliphatic carbocycles. The summed E-state index contributed by atoms with van der Waals surface area (Å²) in [6, 6.07) is 14.5. The number of hydrogen-bond donors (Lipinski definition) is 2. The maximum absolute atomic E-state index is 11.6. The Labute approximate surface area is 109 Å². The summed E-state index contributed by atoms with van der Waals surface area (Å²) >= 11 is 0. The number of benzene rings is 2. The van der Waals surface area contributed by atoms with E-state index in [1.165, 1.54) is 24.3 Å². The molecule has 0 heterocycles. The second-order valence-corrected chi connectivity index (χ2v) is 3.71. The number of amides is 1. The molecule has 0 atom stereocenters. The van der Waals surface area contributed by atoms with Crippen LogP contribution in [0.4, 0.5) is 10.5 Å². The Morgan fingerprint density at radius 2 is 1.58 bits per heavy atom. The number of anilines is 1. The van der Waals surface area contributed by atoms with E-state index in [1.54, 1.807) is 24.3 Å². The Bertz CT molecular complexity index is 578. The van der Waals surface area contributed by atoms with Crippen LogP contribution in [-0.4, -0.2) is 17.2 Å². The topological polar surface area (TPSA) is 75.6 Å². The first-order valence-corrected chi connectivity index (χ1v) is 5.52. The maximum atomic E-state index is 11.6. The van der Waals surface area contributed by atoms with E-state index in [9.17, 15) is 9.59 Å². The fourth-order valence-electron chi connectivity index (χ4n) is 1.44. The van der Waals surface area contributed by atoms with Crippen LogP contribution in [0.2, 0.25) is 0 Å². The average Bonchev–Trinajstić information content (AvgIpc) is 2.40. The van der Waals surface area contributed by atoms with Gasteiger partial charge >= 0.3 is 12.1 Å². The fourth-order valence-corrected chi connectivity index (χ4v) is 1.44. The van der Waals surface area contributed by atoms with Crippen molar-refractivity contribution in [1.82, 2.24) is 0 Å². The number of carboxylic acid groups (broad SMARTS) is 1. The van der Waals surface area contributed by atoms with Crippen molar-refractivity contribution in [1.29, 1.82) is 0 Å². The van der Waals surface area contributed by atoms with E-state index in [2.05, 4.69) is 5.32 Å². The van der Waals surface area contributed by atoms with Gasteiger partial charge < -0.3 is 9.84 Å². The Morgan fingerprint density at radius 1 is 0.947 bits per heavy atom. The Balaban J connectivity index is 1.97. The maximum Gasteiger partial charge on any atom is 0.417 e. The minimum atomic E-state index is -1.03. The number of nitrogens with one attached hydrogen (secondary N) is 1. The Morgan fingerprint density at radius 3 is 2.16 bits per heavy atom. The van der Waals surface area contributed by atoms with Crippen molar-refractivity contribution in [3.8, 4) is 5.75 Å². The molecular weight excluding hydrogens is 246 g/mol. The third-order valence-corrected chi connectivity index (χ3v) is 2.33. The molecule has 0 spiro atoms. The molecule has 0 unspecified atom stereocenters. The highest BCUT2D eigenvalue weighted by Gasteiger charge is 2.06. The summed E-state index contributed by atoms with van der Waals surface area (Å²) in [5, 5.41) is 11.3. The molecule has 0 radical (unpaired) electrons. The van der Waals surface area contributed by atoms with E-state index in [4.69, 9.17) is 9.84 Å². The average molecular weight is 257 g/mol. The summed E-state index contributed by atoms with van der Waals surface area (Å²) < 4.78 is 5.01. The summed E-state index contributed by atoms with van der Waals surface area (Å²) in [6.45, 7) is 0. The second kappa shape index (κ2) is 5.68. The van der Waals surface area contributed by atoms with Crippen molar-refractivity contribution in [2.24, 2.45) is 0 Å². The number of ether oxygens (including phenoxy) is 1. The summed E-state index contributed by atoms with van der Waals surface area (Å²) in [5.74, 6) is -0.751. The molecule has 5 heteroatoms. The van der Waals surface area contributed by atoms with Crippen molar-refractivity contribution < 1.29 is 19.4 Å². The van der Waals surface area contributed by atoms with Gasteiger partial charge in [-0.1, -0.05) is 18.2 Å². The SMILES string of the molecule is O=C(Nc1ccccc1)Oc1ccc(C(=O)O)cc1. The van der Waals surface area contributed by atoms with Crippen LogP contribution in [0.3, 0.4) is 0 Å². The van der Waals surface area contributed by atoms with E-state index < -0.39 is 12.1 Å². The van der Waals surface area contributed by atoms with E-state index in [0.717, 1.165) is 0 Å². The van der Waals surface area contributed by atoms with Crippen molar-refractivity contribution >= 4 is 17.7 Å². The normalized spacial score (nSPS) is 9.68. The number of carbonyl (C=O) groups is 2. The van der Waals surface area contributed by atoms with Gasteiger partial charge in [0, 0.05) is 5.69 Å². The lowest BCUT2D eigenvalue weighted by molar-refractivity contribution is 0.0697. The lowest BCUT2D eigenvalue weighted by Gasteiger charge is -2.06. The number of aromatic carboxylic acids is 1. The quantitative estimate of drug-likeness (QED) is 0.886. The van der Waals surface area contributed by atoms with Gasteiger partial charge in [0.1, 0.15) is 5.75 Å². The molecule has 0 saturated carbocycles. The molecule has 96 valence electrons. The molecule has 5 nitrogen and oxygen atoms in total. The van der Waals surface area contributed by atoms with Crippen molar-refractivity contribution in [2.75, 3.05) is 5.32 Å². The van der Waals surface area contributed by atoms with E-state index >= 15 is 0 Å². The van der Waals surface area contributed by atoms with Crippen LogP contribution in [-0.2, 0) is 0 Å². The largest absolute Gasteiger partial charge is 0.478 e. The van der Waals surface area contributed by atoms with Gasteiger partial charge in [0.05, 0.1) is 5.56 Å². The van der Waals surface area contributed by atoms with Crippen LogP contribution < -0.4 is 10.1 Å². The van der Waals surface area contributed by atoms with Crippen molar-refractivity contribution in [3.05, 3.63) is 60.2 Å². The van der Waals surface area contributed by atoms with Crippen LogP contribution in [0.1, 0.15) is 10.4 Å². The van der Waals surface area contributed by atoms with Gasteiger partial charge in [-0.25, -0.2) is 9.59 Å². The van der Waals surface area contributed by atoms with Gasteiger partial charge in [-0.15, -0.1) is 0 Å². The Kier molecular flexibility index (Phi) is 3.78. The third kappa shape index (κ3) is 3.57. The number of para-hydroxylation sites is 1. The van der Waals surface area contributed by atoms with E-state index in [1.807, 2.05) is 6.07 Å². The van der Waals surface area contributed by atoms with Gasteiger partial charge in [0.25, 0.3) is 0 Å². The smallest absolute Gasteiger partial charge is 0.417 e. The molecule has 0 fully saturated rings. The molecule has 2 rings (SSSR count). The predicted octanol–water partition coefficient (Wildman–Crippen LogP) is 3.00. The van der Waals surface area contributed by atoms with Gasteiger partial charge in [-0.2, -0.15) is 0 Å². The highest BCUT2D eigenvalue weighted by Crippen LogP contribution is 2.13. The number of rotatable bonds is 3. The first-order chi connectivity index (χ1) is 9.15. The first kappa shape index (κ1) is 12.6. The number of carbonyl (C=O) groups excluding carboxylic acids is 1. The van der Waals surface area contributed by atoms with Crippen LogP contribution >= 0.6 is 0 Å². The molecule has 1 amide bonds. The highest BCUT2D eigenvalue weighted by atomic mass is 16.6. The summed E-state index contributed by atoms with van der Waals surface area (Å²) in [7, 11) is 0. The predicted molar refractivity (Wildman–Crippen MR) is 69.5 cm³/mol. The lowest BCUT2D eigenvalue weighted by Crippen LogP contribution is -2.16. The molecule has 0 saturated heterocycles. The molecule has 0 bridgehead atoms. The van der Waals surface area contributed by atoms with Gasteiger partial charge in [0.15, 0.2) is 0 Å². The fraction of sp³-hybridized carbons (Fsp3) is 0. The van der Waals surface area contributed by atoms with Crippen LogP contribution in [0.15, 0.2) is 54.6 Å². The molecule has 0 aromatic heterocycles. The van der Waals surface area contributed by atoms with Crippen LogP contribution in [0, 0.1) is 0 Å². The summed E-state index contributed by atoms with van der Waals surface area (Å²) in [4.78, 5) is 22.2. The van der Waals surface area contributed by atoms with Gasteiger partial charge in [0.2, 0.25) is 0 Å². The monoisotopic (exact) mass is 257 g/mol. The molecule has 0 aliphatic rings. The zero-order valence-corrected chi connectivity index (χ0v) is 9.87. The zero-order valence-electron chi connectivity index (χ0n) is 9.87. The Hall–Kier alpha value is -2.82. The zero-order chi connectivity index (χ0) is 13.7. The van der Waals surface area contributed by atoms with Crippen molar-refractivity contribution in [3.63, 3.8) is 0 Å². The molecule has 0 aliphatic heterocycles. The number of carboxylic acids is 1. The van der Waals surface area contributed by atoms with Crippen molar-refractivity contribution in [2.45, 2.75) is 0 Å². The molecule has 19 heavy (non-hydrogen) atoms. The summed E-state index contributed by atoms with van der Waals surface area (Å²) in [5.41, 5.74) is 0.755. The highest BCUT2D eigenvalue weighted by molar-refractivity contribution is 5.88. The molecule has 2 aromatic rings. The van der Waals surface area contributed by atoms with Gasteiger partial charge in [-0.05, 0) is 36.4 Å². The molecular formula is C14H11NO4. The minimum Gasteiger partial charge on any atom is -0.478 e. The lowest BCUT2D eigenvalue weighted by atomic mass is 10.2. The van der Waals surface area contributed by atoms with Crippen LogP contribution in [0.25, 0.3) is 0 Å². The summed E-state index contributed by atoms with van der Waals surface area (Å²) in [6.07, 6.45) is -0.630. The second-order valence-electron chi connectivity index (χ2n) is 3.71. The van der Waals surface area contributed by atoms with E-state index in [-0.39, 0.29) is 11.3 Å². The molecule has 2 N–H and O–H groups in total.